The summed E-state index contributed by atoms with van der Waals surface area (Å²) in [5, 5.41) is 0. The van der Waals surface area contributed by atoms with Gasteiger partial charge in [-0.15, -0.1) is 0 Å². The van der Waals surface area contributed by atoms with Crippen molar-refractivity contribution >= 4 is 0 Å². The molecule has 2 unspecified atom stereocenters. The molecule has 2 atom stereocenters. The molecule has 1 fully saturated rings. The summed E-state index contributed by atoms with van der Waals surface area (Å²) in [6.07, 6.45) is 9.75. The van der Waals surface area contributed by atoms with Gasteiger partial charge in [-0.25, -0.2) is 0 Å². The molecule has 1 aromatic rings. The molecule has 1 aliphatic heterocycles. The molecule has 1 aliphatic rings. The maximum Gasteiger partial charge on any atom is 0.0432 e. The number of hydrogen-bond acceptors (Lipinski definition) is 4. The van der Waals surface area contributed by atoms with Crippen molar-refractivity contribution in [3.63, 3.8) is 0 Å². The van der Waals surface area contributed by atoms with Crippen LogP contribution in [0.15, 0.2) is 24.5 Å². The molecule has 20 heavy (non-hydrogen) atoms. The number of hydrogen-bond donors (Lipinski definition) is 2. The van der Waals surface area contributed by atoms with E-state index in [2.05, 4.69) is 35.2 Å². The lowest BCUT2D eigenvalue weighted by Gasteiger charge is -2.47. The number of pyridine rings is 1. The summed E-state index contributed by atoms with van der Waals surface area (Å²) in [7, 11) is 0. The molecule has 0 bridgehead atoms. The van der Waals surface area contributed by atoms with Gasteiger partial charge in [-0.1, -0.05) is 19.4 Å². The number of likely N-dealkylation sites (tertiary alicyclic amines) is 1. The van der Waals surface area contributed by atoms with E-state index >= 15 is 0 Å². The summed E-state index contributed by atoms with van der Waals surface area (Å²) in [5.41, 5.74) is 4.41. The maximum absolute atomic E-state index is 5.89. The van der Waals surface area contributed by atoms with Crippen molar-refractivity contribution in [1.82, 2.24) is 15.3 Å². The van der Waals surface area contributed by atoms with Gasteiger partial charge in [-0.2, -0.15) is 0 Å². The zero-order chi connectivity index (χ0) is 14.4. The standard InChI is InChI=1S/C16H28N4/c1-3-16(2,20-10-5-4-6-11-20)15(19-17)12-14-8-7-9-18-13-14/h7-9,13,15,19H,3-6,10-12,17H2,1-2H3. The third-order valence-corrected chi connectivity index (χ3v) is 4.91. The number of aromatic nitrogens is 1. The Morgan fingerprint density at radius 2 is 2.15 bits per heavy atom. The SMILES string of the molecule is CCC(C)(C(Cc1cccnc1)NN)N1CCCCC1. The lowest BCUT2D eigenvalue weighted by atomic mass is 9.83. The average Bonchev–Trinajstić information content (AvgIpc) is 2.53. The fourth-order valence-corrected chi connectivity index (χ4v) is 3.31. The van der Waals surface area contributed by atoms with Gasteiger partial charge >= 0.3 is 0 Å². The van der Waals surface area contributed by atoms with Crippen molar-refractivity contribution in [3.05, 3.63) is 30.1 Å². The largest absolute Gasteiger partial charge is 0.296 e. The number of nitrogens with one attached hydrogen (secondary N) is 1. The highest BCUT2D eigenvalue weighted by molar-refractivity contribution is 5.13. The Morgan fingerprint density at radius 1 is 1.40 bits per heavy atom. The van der Waals surface area contributed by atoms with Crippen LogP contribution in [-0.4, -0.2) is 34.6 Å². The van der Waals surface area contributed by atoms with E-state index in [9.17, 15) is 0 Å². The molecule has 112 valence electrons. The first-order valence-electron chi connectivity index (χ1n) is 7.80. The van der Waals surface area contributed by atoms with Gasteiger partial charge in [0.15, 0.2) is 0 Å². The molecule has 3 N–H and O–H groups in total. The molecule has 4 nitrogen and oxygen atoms in total. The van der Waals surface area contributed by atoms with Crippen LogP contribution < -0.4 is 11.3 Å². The molecule has 0 aliphatic carbocycles. The molecular weight excluding hydrogens is 248 g/mol. The maximum atomic E-state index is 5.89. The summed E-state index contributed by atoms with van der Waals surface area (Å²) in [5.74, 6) is 5.89. The Balaban J connectivity index is 2.13. The van der Waals surface area contributed by atoms with Crippen LogP contribution in [0.5, 0.6) is 0 Å². The van der Waals surface area contributed by atoms with Crippen LogP contribution in [0, 0.1) is 0 Å². The molecule has 0 aromatic carbocycles. The Bertz CT molecular complexity index is 389. The monoisotopic (exact) mass is 276 g/mol. The normalized spacial score (nSPS) is 21.4. The lowest BCUT2D eigenvalue weighted by molar-refractivity contribution is 0.0429. The quantitative estimate of drug-likeness (QED) is 0.617. The summed E-state index contributed by atoms with van der Waals surface area (Å²) in [6.45, 7) is 6.99. The predicted octanol–water partition coefficient (Wildman–Crippen LogP) is 2.11. The average molecular weight is 276 g/mol. The zero-order valence-corrected chi connectivity index (χ0v) is 12.8. The van der Waals surface area contributed by atoms with Gasteiger partial charge in [0.1, 0.15) is 0 Å². The highest BCUT2D eigenvalue weighted by atomic mass is 15.3. The van der Waals surface area contributed by atoms with Crippen LogP contribution in [0.25, 0.3) is 0 Å². The van der Waals surface area contributed by atoms with E-state index in [1.807, 2.05) is 18.5 Å². The van der Waals surface area contributed by atoms with Gasteiger partial charge in [0.25, 0.3) is 0 Å². The van der Waals surface area contributed by atoms with Gasteiger partial charge in [0.05, 0.1) is 0 Å². The molecule has 0 saturated carbocycles. The number of nitrogens with two attached hydrogens (primary N) is 1. The molecule has 0 spiro atoms. The second-order valence-corrected chi connectivity index (χ2v) is 6.04. The van der Waals surface area contributed by atoms with E-state index in [1.54, 1.807) is 0 Å². The molecule has 0 amide bonds. The molecule has 2 rings (SSSR count). The van der Waals surface area contributed by atoms with Crippen molar-refractivity contribution in [2.75, 3.05) is 13.1 Å². The summed E-state index contributed by atoms with van der Waals surface area (Å²) in [6, 6.07) is 4.37. The predicted molar refractivity (Wildman–Crippen MR) is 83.2 cm³/mol. The van der Waals surface area contributed by atoms with Crippen LogP contribution in [0.1, 0.15) is 45.1 Å². The highest BCUT2D eigenvalue weighted by Crippen LogP contribution is 2.28. The molecule has 1 aromatic heterocycles. The van der Waals surface area contributed by atoms with E-state index in [-0.39, 0.29) is 11.6 Å². The molecule has 4 heteroatoms. The summed E-state index contributed by atoms with van der Waals surface area (Å²) < 4.78 is 0. The van der Waals surface area contributed by atoms with E-state index < -0.39 is 0 Å². The van der Waals surface area contributed by atoms with E-state index in [4.69, 9.17) is 5.84 Å². The van der Waals surface area contributed by atoms with Crippen LogP contribution in [0.3, 0.4) is 0 Å². The molecular formula is C16H28N4. The van der Waals surface area contributed by atoms with Gasteiger partial charge in [0, 0.05) is 24.0 Å². The summed E-state index contributed by atoms with van der Waals surface area (Å²) in [4.78, 5) is 6.83. The first kappa shape index (κ1) is 15.4. The topological polar surface area (TPSA) is 54.2 Å². The first-order chi connectivity index (χ1) is 9.70. The smallest absolute Gasteiger partial charge is 0.0432 e. The van der Waals surface area contributed by atoms with E-state index in [1.165, 1.54) is 37.9 Å². The number of nitrogens with zero attached hydrogens (tertiary/aromatic N) is 2. The second-order valence-electron chi connectivity index (χ2n) is 6.04. The first-order valence-corrected chi connectivity index (χ1v) is 7.80. The minimum absolute atomic E-state index is 0.102. The Hall–Kier alpha value is -0.970. The van der Waals surface area contributed by atoms with Gasteiger partial charge in [-0.3, -0.25) is 21.2 Å². The lowest BCUT2D eigenvalue weighted by Crippen LogP contribution is -2.62. The van der Waals surface area contributed by atoms with Crippen LogP contribution in [-0.2, 0) is 6.42 Å². The van der Waals surface area contributed by atoms with Crippen LogP contribution in [0.2, 0.25) is 0 Å². The van der Waals surface area contributed by atoms with Gasteiger partial charge in [0.2, 0.25) is 0 Å². The van der Waals surface area contributed by atoms with Crippen LogP contribution in [0.4, 0.5) is 0 Å². The van der Waals surface area contributed by atoms with Crippen molar-refractivity contribution in [1.29, 1.82) is 0 Å². The Labute approximate surface area is 122 Å². The van der Waals surface area contributed by atoms with Crippen LogP contribution >= 0.6 is 0 Å². The van der Waals surface area contributed by atoms with Crippen molar-refractivity contribution < 1.29 is 0 Å². The van der Waals surface area contributed by atoms with E-state index in [0.29, 0.717) is 0 Å². The van der Waals surface area contributed by atoms with Gasteiger partial charge < -0.3 is 0 Å². The van der Waals surface area contributed by atoms with Crippen molar-refractivity contribution in [2.45, 2.75) is 57.5 Å². The fraction of sp³-hybridized carbons (Fsp3) is 0.688. The number of rotatable bonds is 6. The van der Waals surface area contributed by atoms with Gasteiger partial charge in [-0.05, 0) is 57.3 Å². The van der Waals surface area contributed by atoms with Crippen molar-refractivity contribution in [2.24, 2.45) is 5.84 Å². The third kappa shape index (κ3) is 3.37. The van der Waals surface area contributed by atoms with E-state index in [0.717, 1.165) is 12.8 Å². The Kier molecular flexibility index (Phi) is 5.52. The number of hydrazine groups is 1. The molecule has 2 heterocycles. The Morgan fingerprint density at radius 3 is 2.70 bits per heavy atom. The minimum atomic E-state index is 0.102. The molecule has 0 radical (unpaired) electrons. The highest BCUT2D eigenvalue weighted by Gasteiger charge is 2.38. The fourth-order valence-electron chi connectivity index (χ4n) is 3.31. The van der Waals surface area contributed by atoms with Crippen molar-refractivity contribution in [3.8, 4) is 0 Å². The molecule has 1 saturated heterocycles. The minimum Gasteiger partial charge on any atom is -0.296 e. The summed E-state index contributed by atoms with van der Waals surface area (Å²) >= 11 is 0. The third-order valence-electron chi connectivity index (χ3n) is 4.91. The zero-order valence-electron chi connectivity index (χ0n) is 12.8. The number of piperidine rings is 1. The second kappa shape index (κ2) is 7.16.